The Kier molecular flexibility index (Phi) is 6.39. The Morgan fingerprint density at radius 2 is 2.19 bits per heavy atom. The highest BCUT2D eigenvalue weighted by Gasteiger charge is 2.19. The summed E-state index contributed by atoms with van der Waals surface area (Å²) in [6.07, 6.45) is 2.78. The van der Waals surface area contributed by atoms with Crippen molar-refractivity contribution in [2.45, 2.75) is 32.3 Å². The van der Waals surface area contributed by atoms with E-state index >= 15 is 0 Å². The molecule has 0 spiro atoms. The molecule has 0 amide bonds. The minimum absolute atomic E-state index is 0.217. The van der Waals surface area contributed by atoms with Crippen molar-refractivity contribution in [3.63, 3.8) is 0 Å². The van der Waals surface area contributed by atoms with E-state index in [4.69, 9.17) is 5.26 Å². The van der Waals surface area contributed by atoms with Gasteiger partial charge in [-0.25, -0.2) is 0 Å². The lowest BCUT2D eigenvalue weighted by molar-refractivity contribution is 0.0999. The van der Waals surface area contributed by atoms with Gasteiger partial charge in [0.25, 0.3) is 0 Å². The molecule has 0 aromatic carbocycles. The van der Waals surface area contributed by atoms with E-state index in [-0.39, 0.29) is 6.10 Å². The fourth-order valence-corrected chi connectivity index (χ4v) is 2.20. The molecule has 1 rings (SSSR count). The SMILES string of the molecule is C[C@H](O)CN1CCC(CNCCC#N)CC1. The molecule has 0 radical (unpaired) electrons. The van der Waals surface area contributed by atoms with Crippen LogP contribution in [0.3, 0.4) is 0 Å². The lowest BCUT2D eigenvalue weighted by Crippen LogP contribution is -2.40. The highest BCUT2D eigenvalue weighted by Crippen LogP contribution is 2.16. The number of piperidine rings is 1. The summed E-state index contributed by atoms with van der Waals surface area (Å²) in [6.45, 7) is 6.67. The Balaban J connectivity index is 2.06. The van der Waals surface area contributed by atoms with Crippen LogP contribution in [0.5, 0.6) is 0 Å². The zero-order valence-electron chi connectivity index (χ0n) is 10.2. The van der Waals surface area contributed by atoms with Crippen molar-refractivity contribution in [2.24, 2.45) is 5.92 Å². The Morgan fingerprint density at radius 1 is 1.50 bits per heavy atom. The molecule has 1 heterocycles. The van der Waals surface area contributed by atoms with Crippen molar-refractivity contribution in [1.29, 1.82) is 5.26 Å². The molecular formula is C12H23N3O. The second-order valence-corrected chi connectivity index (χ2v) is 4.71. The standard InChI is InChI=1S/C12H23N3O/c1-11(16)10-15-7-3-12(4-8-15)9-14-6-2-5-13/h11-12,14,16H,2-4,6-10H2,1H3/t11-/m0/s1. The molecular weight excluding hydrogens is 202 g/mol. The summed E-state index contributed by atoms with van der Waals surface area (Å²) in [5, 5.41) is 21.0. The van der Waals surface area contributed by atoms with Gasteiger partial charge in [0, 0.05) is 19.5 Å². The number of aliphatic hydroxyl groups is 1. The molecule has 0 unspecified atom stereocenters. The van der Waals surface area contributed by atoms with E-state index in [0.29, 0.717) is 6.42 Å². The van der Waals surface area contributed by atoms with Crippen molar-refractivity contribution in [2.75, 3.05) is 32.7 Å². The number of likely N-dealkylation sites (tertiary alicyclic amines) is 1. The first-order valence-electron chi connectivity index (χ1n) is 6.20. The molecule has 1 atom stereocenters. The third-order valence-corrected chi connectivity index (χ3v) is 3.08. The van der Waals surface area contributed by atoms with E-state index in [0.717, 1.165) is 38.6 Å². The molecule has 0 saturated carbocycles. The average molecular weight is 225 g/mol. The lowest BCUT2D eigenvalue weighted by atomic mass is 9.96. The molecule has 4 nitrogen and oxygen atoms in total. The number of rotatable bonds is 6. The summed E-state index contributed by atoms with van der Waals surface area (Å²) in [5.41, 5.74) is 0. The number of hydrogen-bond donors (Lipinski definition) is 2. The van der Waals surface area contributed by atoms with E-state index in [1.165, 1.54) is 12.8 Å². The smallest absolute Gasteiger partial charge is 0.0639 e. The number of β-amino-alcohol motifs (C(OH)–C–C–N with tert-alkyl or cyclic N) is 1. The zero-order chi connectivity index (χ0) is 11.8. The van der Waals surface area contributed by atoms with E-state index < -0.39 is 0 Å². The van der Waals surface area contributed by atoms with Crippen LogP contribution in [0.4, 0.5) is 0 Å². The largest absolute Gasteiger partial charge is 0.392 e. The summed E-state index contributed by atoms with van der Waals surface area (Å²) in [4.78, 5) is 2.33. The molecule has 16 heavy (non-hydrogen) atoms. The van der Waals surface area contributed by atoms with Gasteiger partial charge in [-0.2, -0.15) is 5.26 Å². The van der Waals surface area contributed by atoms with Gasteiger partial charge in [-0.05, 0) is 45.3 Å². The van der Waals surface area contributed by atoms with Crippen LogP contribution in [0.25, 0.3) is 0 Å². The molecule has 1 fully saturated rings. The number of hydrogen-bond acceptors (Lipinski definition) is 4. The van der Waals surface area contributed by atoms with Crippen LogP contribution in [0.15, 0.2) is 0 Å². The number of aliphatic hydroxyl groups excluding tert-OH is 1. The van der Waals surface area contributed by atoms with Crippen LogP contribution in [-0.2, 0) is 0 Å². The van der Waals surface area contributed by atoms with Crippen LogP contribution in [0.1, 0.15) is 26.2 Å². The number of nitrogens with zero attached hydrogens (tertiary/aromatic N) is 2. The quantitative estimate of drug-likeness (QED) is 0.649. The second kappa shape index (κ2) is 7.61. The van der Waals surface area contributed by atoms with Gasteiger partial charge < -0.3 is 15.3 Å². The van der Waals surface area contributed by atoms with Crippen LogP contribution in [0.2, 0.25) is 0 Å². The van der Waals surface area contributed by atoms with Crippen molar-refractivity contribution in [3.05, 3.63) is 0 Å². The van der Waals surface area contributed by atoms with Crippen molar-refractivity contribution in [3.8, 4) is 6.07 Å². The summed E-state index contributed by atoms with van der Waals surface area (Å²) < 4.78 is 0. The molecule has 1 saturated heterocycles. The van der Waals surface area contributed by atoms with Gasteiger partial charge >= 0.3 is 0 Å². The molecule has 2 N–H and O–H groups in total. The van der Waals surface area contributed by atoms with Gasteiger partial charge in [0.1, 0.15) is 0 Å². The molecule has 0 aromatic rings. The summed E-state index contributed by atoms with van der Waals surface area (Å²) in [7, 11) is 0. The Hall–Kier alpha value is -0.630. The zero-order valence-corrected chi connectivity index (χ0v) is 10.2. The fourth-order valence-electron chi connectivity index (χ4n) is 2.20. The van der Waals surface area contributed by atoms with Gasteiger partial charge in [-0.3, -0.25) is 0 Å². The van der Waals surface area contributed by atoms with E-state index in [1.807, 2.05) is 6.92 Å². The van der Waals surface area contributed by atoms with E-state index in [2.05, 4.69) is 16.3 Å². The normalized spacial score (nSPS) is 20.6. The topological polar surface area (TPSA) is 59.3 Å². The first-order chi connectivity index (χ1) is 7.72. The summed E-state index contributed by atoms with van der Waals surface area (Å²) in [6, 6.07) is 2.14. The predicted octanol–water partition coefficient (Wildman–Crippen LogP) is 0.582. The Bertz CT molecular complexity index is 217. The van der Waals surface area contributed by atoms with Crippen LogP contribution < -0.4 is 5.32 Å². The molecule has 0 bridgehead atoms. The first-order valence-corrected chi connectivity index (χ1v) is 6.20. The summed E-state index contributed by atoms with van der Waals surface area (Å²) in [5.74, 6) is 0.740. The van der Waals surface area contributed by atoms with Crippen molar-refractivity contribution < 1.29 is 5.11 Å². The third-order valence-electron chi connectivity index (χ3n) is 3.08. The van der Waals surface area contributed by atoms with Crippen LogP contribution >= 0.6 is 0 Å². The molecule has 1 aliphatic heterocycles. The van der Waals surface area contributed by atoms with E-state index in [1.54, 1.807) is 0 Å². The fraction of sp³-hybridized carbons (Fsp3) is 0.917. The monoisotopic (exact) mass is 225 g/mol. The van der Waals surface area contributed by atoms with Gasteiger partial charge in [0.15, 0.2) is 0 Å². The molecule has 0 aliphatic carbocycles. The maximum atomic E-state index is 9.29. The van der Waals surface area contributed by atoms with Crippen LogP contribution in [0, 0.1) is 17.2 Å². The van der Waals surface area contributed by atoms with Gasteiger partial charge in [-0.1, -0.05) is 0 Å². The predicted molar refractivity (Wildman–Crippen MR) is 63.9 cm³/mol. The molecule has 92 valence electrons. The maximum absolute atomic E-state index is 9.29. The minimum atomic E-state index is -0.217. The third kappa shape index (κ3) is 5.45. The van der Waals surface area contributed by atoms with Gasteiger partial charge in [0.05, 0.1) is 12.2 Å². The number of nitrogens with one attached hydrogen (secondary N) is 1. The van der Waals surface area contributed by atoms with Gasteiger partial charge in [0.2, 0.25) is 0 Å². The Labute approximate surface area is 98.2 Å². The minimum Gasteiger partial charge on any atom is -0.392 e. The van der Waals surface area contributed by atoms with Gasteiger partial charge in [-0.15, -0.1) is 0 Å². The molecule has 4 heteroatoms. The first kappa shape index (κ1) is 13.4. The lowest BCUT2D eigenvalue weighted by Gasteiger charge is -2.32. The second-order valence-electron chi connectivity index (χ2n) is 4.71. The van der Waals surface area contributed by atoms with Crippen LogP contribution in [-0.4, -0.2) is 48.8 Å². The molecule has 0 aromatic heterocycles. The molecule has 1 aliphatic rings. The highest BCUT2D eigenvalue weighted by atomic mass is 16.3. The maximum Gasteiger partial charge on any atom is 0.0639 e. The van der Waals surface area contributed by atoms with Crippen molar-refractivity contribution >= 4 is 0 Å². The van der Waals surface area contributed by atoms with Crippen molar-refractivity contribution in [1.82, 2.24) is 10.2 Å². The Morgan fingerprint density at radius 3 is 2.75 bits per heavy atom. The summed E-state index contributed by atoms with van der Waals surface area (Å²) >= 11 is 0. The average Bonchev–Trinajstić information content (AvgIpc) is 2.26. The number of nitriles is 1. The van der Waals surface area contributed by atoms with E-state index in [9.17, 15) is 5.11 Å². The highest BCUT2D eigenvalue weighted by molar-refractivity contribution is 4.76.